The average Bonchev–Trinajstić information content (AvgIpc) is 2.79. The van der Waals surface area contributed by atoms with Crippen molar-refractivity contribution in [3.8, 4) is 0 Å². The molecule has 0 atom stereocenters. The summed E-state index contributed by atoms with van der Waals surface area (Å²) >= 11 is 1.89. The fourth-order valence-corrected chi connectivity index (χ4v) is 4.33. The minimum atomic E-state index is 0.497. The molecule has 4 nitrogen and oxygen atoms in total. The Morgan fingerprint density at radius 1 is 1.25 bits per heavy atom. The summed E-state index contributed by atoms with van der Waals surface area (Å²) in [5, 5.41) is 8.51. The molecule has 0 aromatic carbocycles. The van der Waals surface area contributed by atoms with Gasteiger partial charge in [-0.25, -0.2) is 0 Å². The number of rotatable bonds is 2. The van der Waals surface area contributed by atoms with E-state index in [0.717, 1.165) is 35.3 Å². The van der Waals surface area contributed by atoms with Crippen molar-refractivity contribution in [1.29, 1.82) is 0 Å². The molecular formula is C15H23N3OS. The van der Waals surface area contributed by atoms with Gasteiger partial charge in [0.25, 0.3) is 0 Å². The van der Waals surface area contributed by atoms with E-state index in [-0.39, 0.29) is 0 Å². The van der Waals surface area contributed by atoms with Crippen molar-refractivity contribution in [3.05, 3.63) is 17.0 Å². The van der Waals surface area contributed by atoms with Crippen LogP contribution >= 0.6 is 11.8 Å². The molecule has 3 rings (SSSR count). The number of aromatic nitrogens is 1. The van der Waals surface area contributed by atoms with Gasteiger partial charge in [0.1, 0.15) is 5.76 Å². The first-order valence-corrected chi connectivity index (χ1v) is 8.50. The second-order valence-electron chi connectivity index (χ2n) is 6.13. The molecule has 0 amide bonds. The molecule has 5 heteroatoms. The normalized spacial score (nSPS) is 21.8. The van der Waals surface area contributed by atoms with Gasteiger partial charge in [-0.15, -0.1) is 0 Å². The molecule has 1 aliphatic carbocycles. The predicted molar refractivity (Wildman–Crippen MR) is 83.1 cm³/mol. The lowest BCUT2D eigenvalue weighted by molar-refractivity contribution is 0.232. The highest BCUT2D eigenvalue weighted by atomic mass is 32.2. The highest BCUT2D eigenvalue weighted by Gasteiger charge is 2.34. The van der Waals surface area contributed by atoms with Crippen molar-refractivity contribution in [2.75, 3.05) is 12.3 Å². The molecule has 20 heavy (non-hydrogen) atoms. The monoisotopic (exact) mass is 293 g/mol. The molecule has 2 aliphatic rings. The van der Waals surface area contributed by atoms with Gasteiger partial charge in [-0.3, -0.25) is 4.99 Å². The minimum Gasteiger partial charge on any atom is -0.361 e. The molecule has 1 saturated carbocycles. The summed E-state index contributed by atoms with van der Waals surface area (Å²) in [5.74, 6) is 2.13. The van der Waals surface area contributed by atoms with E-state index in [2.05, 4.69) is 10.5 Å². The smallest absolute Gasteiger partial charge is 0.156 e. The molecule has 0 bridgehead atoms. The maximum Gasteiger partial charge on any atom is 0.156 e. The van der Waals surface area contributed by atoms with Crippen LogP contribution in [0.3, 0.4) is 0 Å². The molecule has 1 aromatic heterocycles. The van der Waals surface area contributed by atoms with Crippen LogP contribution in [0.25, 0.3) is 0 Å². The summed E-state index contributed by atoms with van der Waals surface area (Å²) in [6, 6.07) is 0. The number of aliphatic imine (C=N–C) groups is 1. The van der Waals surface area contributed by atoms with Gasteiger partial charge in [0.05, 0.1) is 5.69 Å². The van der Waals surface area contributed by atoms with Crippen LogP contribution in [-0.2, 0) is 6.54 Å². The number of hydrogen-bond donors (Lipinski definition) is 1. The summed E-state index contributed by atoms with van der Waals surface area (Å²) in [7, 11) is 0. The summed E-state index contributed by atoms with van der Waals surface area (Å²) in [6.45, 7) is 5.72. The fraction of sp³-hybridized carbons (Fsp3) is 0.733. The van der Waals surface area contributed by atoms with Crippen LogP contribution < -0.4 is 5.32 Å². The molecule has 2 heterocycles. The molecule has 1 N–H and O–H groups in total. The van der Waals surface area contributed by atoms with Crippen molar-refractivity contribution >= 4 is 16.9 Å². The predicted octanol–water partition coefficient (Wildman–Crippen LogP) is 3.43. The van der Waals surface area contributed by atoms with Crippen LogP contribution in [0.4, 0.5) is 0 Å². The largest absolute Gasteiger partial charge is 0.361 e. The Kier molecular flexibility index (Phi) is 4.06. The third-order valence-corrected chi connectivity index (χ3v) is 5.89. The summed E-state index contributed by atoms with van der Waals surface area (Å²) in [4.78, 5) is 4.78. The highest BCUT2D eigenvalue weighted by molar-refractivity contribution is 8.13. The summed E-state index contributed by atoms with van der Waals surface area (Å²) in [5.41, 5.74) is 2.63. The number of nitrogens with zero attached hydrogens (tertiary/aromatic N) is 2. The zero-order valence-electron chi connectivity index (χ0n) is 12.4. The first kappa shape index (κ1) is 14.0. The lowest BCUT2D eigenvalue weighted by atomic mass is 9.75. The fourth-order valence-electron chi connectivity index (χ4n) is 3.18. The van der Waals surface area contributed by atoms with Gasteiger partial charge in [0, 0.05) is 24.4 Å². The zero-order valence-corrected chi connectivity index (χ0v) is 13.2. The molecule has 1 spiro atoms. The van der Waals surface area contributed by atoms with Gasteiger partial charge in [-0.2, -0.15) is 0 Å². The van der Waals surface area contributed by atoms with E-state index in [1.54, 1.807) is 0 Å². The first-order chi connectivity index (χ1) is 9.69. The summed E-state index contributed by atoms with van der Waals surface area (Å²) in [6.07, 6.45) is 6.91. The van der Waals surface area contributed by atoms with Gasteiger partial charge < -0.3 is 9.84 Å². The van der Waals surface area contributed by atoms with E-state index < -0.39 is 0 Å². The third-order valence-electron chi connectivity index (χ3n) is 4.58. The Morgan fingerprint density at radius 2 is 2.05 bits per heavy atom. The van der Waals surface area contributed by atoms with E-state index in [1.807, 2.05) is 25.6 Å². The second kappa shape index (κ2) is 5.80. The van der Waals surface area contributed by atoms with Gasteiger partial charge in [0.2, 0.25) is 0 Å². The molecule has 1 aliphatic heterocycles. The van der Waals surface area contributed by atoms with E-state index >= 15 is 0 Å². The van der Waals surface area contributed by atoms with Crippen LogP contribution in [0.5, 0.6) is 0 Å². The van der Waals surface area contributed by atoms with Crippen molar-refractivity contribution in [3.63, 3.8) is 0 Å². The number of amidine groups is 1. The maximum atomic E-state index is 5.19. The number of nitrogens with one attached hydrogen (secondary N) is 1. The Balaban J connectivity index is 1.57. The molecule has 110 valence electrons. The van der Waals surface area contributed by atoms with Crippen LogP contribution in [0.15, 0.2) is 9.52 Å². The molecule has 1 fully saturated rings. The topological polar surface area (TPSA) is 50.4 Å². The Bertz CT molecular complexity index is 484. The van der Waals surface area contributed by atoms with Crippen molar-refractivity contribution < 1.29 is 4.52 Å². The van der Waals surface area contributed by atoms with E-state index in [9.17, 15) is 0 Å². The SMILES string of the molecule is Cc1noc(C)c1CNC1=NCC2(CCCCC2)CS1. The molecule has 0 radical (unpaired) electrons. The Hall–Kier alpha value is -0.970. The number of hydrogen-bond acceptors (Lipinski definition) is 5. The molecular weight excluding hydrogens is 270 g/mol. The quantitative estimate of drug-likeness (QED) is 0.907. The molecule has 0 unspecified atom stereocenters. The van der Waals surface area contributed by atoms with E-state index in [4.69, 9.17) is 9.52 Å². The minimum absolute atomic E-state index is 0.497. The lowest BCUT2D eigenvalue weighted by Crippen LogP contribution is -2.36. The van der Waals surface area contributed by atoms with Crippen molar-refractivity contribution in [2.24, 2.45) is 10.4 Å². The average molecular weight is 293 g/mol. The lowest BCUT2D eigenvalue weighted by Gasteiger charge is -2.38. The second-order valence-corrected chi connectivity index (χ2v) is 7.09. The number of aryl methyl sites for hydroxylation is 2. The van der Waals surface area contributed by atoms with Crippen LogP contribution in [0.1, 0.15) is 49.1 Å². The van der Waals surface area contributed by atoms with Crippen molar-refractivity contribution in [1.82, 2.24) is 10.5 Å². The van der Waals surface area contributed by atoms with Gasteiger partial charge in [-0.1, -0.05) is 36.2 Å². The van der Waals surface area contributed by atoms with Gasteiger partial charge >= 0.3 is 0 Å². The maximum absolute atomic E-state index is 5.19. The summed E-state index contributed by atoms with van der Waals surface area (Å²) < 4.78 is 5.19. The zero-order chi connectivity index (χ0) is 14.0. The van der Waals surface area contributed by atoms with Crippen molar-refractivity contribution in [2.45, 2.75) is 52.5 Å². The van der Waals surface area contributed by atoms with Crippen LogP contribution in [0.2, 0.25) is 0 Å². The highest BCUT2D eigenvalue weighted by Crippen LogP contribution is 2.41. The first-order valence-electron chi connectivity index (χ1n) is 7.51. The Morgan fingerprint density at radius 3 is 2.65 bits per heavy atom. The standard InChI is InChI=1S/C15H23N3OS/c1-11-13(12(2)19-18-11)8-16-14-17-9-15(10-20-14)6-4-3-5-7-15/h3-10H2,1-2H3,(H,16,17). The van der Waals surface area contributed by atoms with Crippen LogP contribution in [-0.4, -0.2) is 22.6 Å². The third kappa shape index (κ3) is 2.87. The van der Waals surface area contributed by atoms with Crippen LogP contribution in [0, 0.1) is 19.3 Å². The molecule has 1 aromatic rings. The molecule has 0 saturated heterocycles. The van der Waals surface area contributed by atoms with E-state index in [1.165, 1.54) is 37.9 Å². The Labute approximate surface area is 124 Å². The van der Waals surface area contributed by atoms with Gasteiger partial charge in [-0.05, 0) is 32.1 Å². The van der Waals surface area contributed by atoms with Gasteiger partial charge in [0.15, 0.2) is 5.17 Å². The van der Waals surface area contributed by atoms with E-state index in [0.29, 0.717) is 5.41 Å². The number of thioether (sulfide) groups is 1.